The average Bonchev–Trinajstić information content (AvgIpc) is 2.98. The number of nitrogens with one attached hydrogen (secondary N) is 2. The Balaban J connectivity index is 1.51. The van der Waals surface area contributed by atoms with E-state index in [4.69, 9.17) is 0 Å². The van der Waals surface area contributed by atoms with E-state index in [0.717, 1.165) is 17.7 Å². The molecule has 1 fully saturated rings. The molecule has 2 aromatic rings. The third kappa shape index (κ3) is 3.72. The molecule has 1 aliphatic rings. The molecule has 3 rings (SSSR count). The number of hydrogen-bond donors (Lipinski definition) is 3. The van der Waals surface area contributed by atoms with E-state index in [2.05, 4.69) is 34.9 Å². The van der Waals surface area contributed by atoms with E-state index in [1.54, 1.807) is 11.8 Å². The van der Waals surface area contributed by atoms with Crippen molar-refractivity contribution < 1.29 is 9.90 Å². The third-order valence-electron chi connectivity index (χ3n) is 3.93. The van der Waals surface area contributed by atoms with Gasteiger partial charge < -0.3 is 15.7 Å². The Kier molecular flexibility index (Phi) is 4.55. The molecule has 2 aromatic carbocycles. The third-order valence-corrected chi connectivity index (χ3v) is 5.16. The molecule has 1 atom stereocenters. The molecule has 1 aliphatic heterocycles. The first-order chi connectivity index (χ1) is 10.6. The summed E-state index contributed by atoms with van der Waals surface area (Å²) in [7, 11) is 0. The maximum atomic E-state index is 11.8. The highest BCUT2D eigenvalue weighted by Crippen LogP contribution is 2.26. The lowest BCUT2D eigenvalue weighted by atomic mass is 10.0. The molecule has 0 bridgehead atoms. The smallest absolute Gasteiger partial charge is 0.315 e. The number of amides is 2. The topological polar surface area (TPSA) is 61.4 Å². The molecule has 0 saturated carbocycles. The van der Waals surface area contributed by atoms with Crippen LogP contribution >= 0.6 is 11.8 Å². The van der Waals surface area contributed by atoms with Crippen molar-refractivity contribution in [3.8, 4) is 0 Å². The lowest BCUT2D eigenvalue weighted by Gasteiger charge is -2.21. The van der Waals surface area contributed by atoms with Gasteiger partial charge in [-0.2, -0.15) is 11.8 Å². The Hall–Kier alpha value is -1.72. The van der Waals surface area contributed by atoms with Gasteiger partial charge in [0, 0.05) is 18.8 Å². The zero-order valence-electron chi connectivity index (χ0n) is 12.3. The van der Waals surface area contributed by atoms with Crippen molar-refractivity contribution in [2.75, 3.05) is 18.1 Å². The Labute approximate surface area is 134 Å². The van der Waals surface area contributed by atoms with Crippen LogP contribution in [0.4, 0.5) is 4.79 Å². The van der Waals surface area contributed by atoms with Crippen molar-refractivity contribution in [3.05, 3.63) is 48.0 Å². The summed E-state index contributed by atoms with van der Waals surface area (Å²) < 4.78 is 0. The van der Waals surface area contributed by atoms with Gasteiger partial charge in [0.25, 0.3) is 0 Å². The van der Waals surface area contributed by atoms with Gasteiger partial charge in [-0.1, -0.05) is 36.4 Å². The van der Waals surface area contributed by atoms with Crippen LogP contribution in [0.25, 0.3) is 10.8 Å². The molecule has 22 heavy (non-hydrogen) atoms. The summed E-state index contributed by atoms with van der Waals surface area (Å²) in [5.74, 6) is 1.65. The number of urea groups is 1. The molecule has 0 radical (unpaired) electrons. The molecule has 1 heterocycles. The second kappa shape index (κ2) is 6.58. The summed E-state index contributed by atoms with van der Waals surface area (Å²) in [6.45, 7) is 0.785. The van der Waals surface area contributed by atoms with E-state index >= 15 is 0 Å². The maximum absolute atomic E-state index is 11.8. The summed E-state index contributed by atoms with van der Waals surface area (Å²) in [6, 6.07) is 14.1. The second-order valence-corrected chi connectivity index (χ2v) is 6.85. The fourth-order valence-corrected chi connectivity index (χ4v) is 3.87. The molecule has 0 unspecified atom stereocenters. The fraction of sp³-hybridized carbons (Fsp3) is 0.353. The van der Waals surface area contributed by atoms with Crippen LogP contribution in [0.3, 0.4) is 0 Å². The highest BCUT2D eigenvalue weighted by molar-refractivity contribution is 7.99. The molecule has 1 saturated heterocycles. The molecule has 5 heteroatoms. The molecular weight excluding hydrogens is 296 g/mol. The van der Waals surface area contributed by atoms with E-state index in [9.17, 15) is 9.90 Å². The Morgan fingerprint density at radius 2 is 2.00 bits per heavy atom. The average molecular weight is 316 g/mol. The van der Waals surface area contributed by atoms with Crippen molar-refractivity contribution in [1.82, 2.24) is 10.6 Å². The molecule has 2 amide bonds. The van der Waals surface area contributed by atoms with Crippen molar-refractivity contribution in [3.63, 3.8) is 0 Å². The summed E-state index contributed by atoms with van der Waals surface area (Å²) in [4.78, 5) is 11.8. The first-order valence-corrected chi connectivity index (χ1v) is 8.60. The van der Waals surface area contributed by atoms with Crippen molar-refractivity contribution in [1.29, 1.82) is 0 Å². The second-order valence-electron chi connectivity index (χ2n) is 5.74. The Bertz CT molecular complexity index is 669. The van der Waals surface area contributed by atoms with Gasteiger partial charge in [0.15, 0.2) is 0 Å². The van der Waals surface area contributed by atoms with Gasteiger partial charge in [0.2, 0.25) is 0 Å². The summed E-state index contributed by atoms with van der Waals surface area (Å²) in [6.07, 6.45) is 0.739. The van der Waals surface area contributed by atoms with E-state index in [-0.39, 0.29) is 6.03 Å². The molecular formula is C17H20N2O2S. The van der Waals surface area contributed by atoms with Gasteiger partial charge in [-0.25, -0.2) is 4.79 Å². The molecule has 0 aromatic heterocycles. The van der Waals surface area contributed by atoms with Gasteiger partial charge in [-0.3, -0.25) is 0 Å². The van der Waals surface area contributed by atoms with Crippen LogP contribution in [0, 0.1) is 0 Å². The number of benzene rings is 2. The van der Waals surface area contributed by atoms with Crippen molar-refractivity contribution in [2.24, 2.45) is 0 Å². The van der Waals surface area contributed by atoms with Crippen LogP contribution in [0.1, 0.15) is 12.0 Å². The number of fused-ring (bicyclic) bond motifs is 1. The minimum atomic E-state index is -0.745. The highest BCUT2D eigenvalue weighted by atomic mass is 32.2. The lowest BCUT2D eigenvalue weighted by molar-refractivity contribution is 0.0700. The van der Waals surface area contributed by atoms with Crippen LogP contribution < -0.4 is 10.6 Å². The van der Waals surface area contributed by atoms with Gasteiger partial charge in [-0.05, 0) is 34.6 Å². The van der Waals surface area contributed by atoms with Crippen molar-refractivity contribution in [2.45, 2.75) is 18.6 Å². The first kappa shape index (κ1) is 15.2. The Morgan fingerprint density at radius 3 is 2.77 bits per heavy atom. The number of thioether (sulfide) groups is 1. The zero-order chi connectivity index (χ0) is 15.4. The highest BCUT2D eigenvalue weighted by Gasteiger charge is 2.31. The minimum Gasteiger partial charge on any atom is -0.387 e. The standard InChI is InChI=1S/C17H20N2O2S/c20-16(19-11-17(21)7-8-22-12-17)18-10-13-5-6-14-3-1-2-4-15(14)9-13/h1-6,9,21H,7-8,10-12H2,(H2,18,19,20)/t17-/m0/s1. The molecule has 0 spiro atoms. The molecule has 0 aliphatic carbocycles. The van der Waals surface area contributed by atoms with Gasteiger partial charge >= 0.3 is 6.03 Å². The van der Waals surface area contributed by atoms with E-state index < -0.39 is 5.60 Å². The number of carbonyl (C=O) groups excluding carboxylic acids is 1. The summed E-state index contributed by atoms with van der Waals surface area (Å²) in [5.41, 5.74) is 0.314. The zero-order valence-corrected chi connectivity index (χ0v) is 13.2. The van der Waals surface area contributed by atoms with Crippen LogP contribution in [-0.2, 0) is 6.54 Å². The predicted molar refractivity (Wildman–Crippen MR) is 91.1 cm³/mol. The van der Waals surface area contributed by atoms with Gasteiger partial charge in [0.1, 0.15) is 0 Å². The van der Waals surface area contributed by atoms with Crippen molar-refractivity contribution >= 4 is 28.6 Å². The quantitative estimate of drug-likeness (QED) is 0.812. The predicted octanol–water partition coefficient (Wildman–Crippen LogP) is 2.51. The number of hydrogen-bond acceptors (Lipinski definition) is 3. The van der Waals surface area contributed by atoms with E-state index in [1.807, 2.05) is 18.2 Å². The number of aliphatic hydroxyl groups is 1. The van der Waals surface area contributed by atoms with Crippen LogP contribution in [0.15, 0.2) is 42.5 Å². The number of rotatable bonds is 4. The molecule has 116 valence electrons. The first-order valence-electron chi connectivity index (χ1n) is 7.44. The lowest BCUT2D eigenvalue weighted by Crippen LogP contribution is -2.46. The minimum absolute atomic E-state index is 0.238. The molecule has 4 nitrogen and oxygen atoms in total. The van der Waals surface area contributed by atoms with Gasteiger partial charge in [-0.15, -0.1) is 0 Å². The Morgan fingerprint density at radius 1 is 1.18 bits per heavy atom. The largest absolute Gasteiger partial charge is 0.387 e. The summed E-state index contributed by atoms with van der Waals surface area (Å²) >= 11 is 1.72. The van der Waals surface area contributed by atoms with E-state index in [1.165, 1.54) is 10.8 Å². The normalized spacial score (nSPS) is 21.0. The summed E-state index contributed by atoms with van der Waals surface area (Å²) in [5, 5.41) is 18.1. The number of carbonyl (C=O) groups is 1. The van der Waals surface area contributed by atoms with Crippen LogP contribution in [-0.4, -0.2) is 34.8 Å². The molecule has 3 N–H and O–H groups in total. The fourth-order valence-electron chi connectivity index (χ4n) is 2.57. The monoisotopic (exact) mass is 316 g/mol. The SMILES string of the molecule is O=C(NCc1ccc2ccccc2c1)NC[C@@]1(O)CCSC1. The van der Waals surface area contributed by atoms with E-state index in [0.29, 0.717) is 18.8 Å². The van der Waals surface area contributed by atoms with Crippen LogP contribution in [0.5, 0.6) is 0 Å². The maximum Gasteiger partial charge on any atom is 0.315 e. The van der Waals surface area contributed by atoms with Gasteiger partial charge in [0.05, 0.1) is 5.60 Å². The van der Waals surface area contributed by atoms with Crippen LogP contribution in [0.2, 0.25) is 0 Å².